The van der Waals surface area contributed by atoms with Crippen LogP contribution in [0.3, 0.4) is 0 Å². The molecule has 1 saturated heterocycles. The lowest BCUT2D eigenvalue weighted by atomic mass is 9.96. The van der Waals surface area contributed by atoms with Gasteiger partial charge in [0.2, 0.25) is 0 Å². The van der Waals surface area contributed by atoms with E-state index in [0.29, 0.717) is 18.4 Å². The SMILES string of the molecule is Cc1cnc2c(c1)c1c(n2CC(O)c2ncc[nH]2)CCN2CCCC12. The number of imidazole rings is 1. The minimum Gasteiger partial charge on any atom is -0.383 e. The summed E-state index contributed by atoms with van der Waals surface area (Å²) in [5.41, 5.74) is 4.98. The Morgan fingerprint density at radius 1 is 1.36 bits per heavy atom. The van der Waals surface area contributed by atoms with Crippen molar-refractivity contribution >= 4 is 11.0 Å². The highest BCUT2D eigenvalue weighted by Crippen LogP contribution is 2.43. The molecule has 2 aliphatic rings. The number of nitrogens with zero attached hydrogens (tertiary/aromatic N) is 4. The van der Waals surface area contributed by atoms with Crippen molar-refractivity contribution in [2.24, 2.45) is 0 Å². The molecule has 0 amide bonds. The van der Waals surface area contributed by atoms with E-state index in [4.69, 9.17) is 4.98 Å². The Bertz CT molecular complexity index is 914. The van der Waals surface area contributed by atoms with Gasteiger partial charge in [0, 0.05) is 48.7 Å². The summed E-state index contributed by atoms with van der Waals surface area (Å²) < 4.78 is 2.23. The first-order chi connectivity index (χ1) is 12.2. The molecule has 6 heteroatoms. The molecule has 3 aromatic heterocycles. The molecule has 2 unspecified atom stereocenters. The van der Waals surface area contributed by atoms with Gasteiger partial charge in [-0.1, -0.05) is 0 Å². The number of aliphatic hydroxyl groups excluding tert-OH is 1. The minimum atomic E-state index is -0.653. The van der Waals surface area contributed by atoms with Gasteiger partial charge in [-0.15, -0.1) is 0 Å². The molecule has 25 heavy (non-hydrogen) atoms. The number of aromatic amines is 1. The van der Waals surface area contributed by atoms with Crippen LogP contribution < -0.4 is 0 Å². The zero-order valence-corrected chi connectivity index (χ0v) is 14.4. The lowest BCUT2D eigenvalue weighted by Crippen LogP contribution is -2.31. The van der Waals surface area contributed by atoms with Crippen molar-refractivity contribution in [1.82, 2.24) is 24.4 Å². The standard InChI is InChI=1S/C19H23N5O/c1-12-9-13-17-14-3-2-7-23(14)8-4-15(17)24(19(13)22-10-12)11-16(25)18-20-5-6-21-18/h5-6,9-10,14,16,25H,2-4,7-8,11H2,1H3,(H,20,21). The van der Waals surface area contributed by atoms with Crippen LogP contribution in [-0.2, 0) is 13.0 Å². The monoisotopic (exact) mass is 337 g/mol. The maximum atomic E-state index is 10.6. The largest absolute Gasteiger partial charge is 0.383 e. The molecular weight excluding hydrogens is 314 g/mol. The number of pyridine rings is 1. The van der Waals surface area contributed by atoms with Crippen molar-refractivity contribution in [3.05, 3.63) is 47.3 Å². The molecule has 130 valence electrons. The van der Waals surface area contributed by atoms with Crippen molar-refractivity contribution < 1.29 is 5.11 Å². The van der Waals surface area contributed by atoms with Gasteiger partial charge in [0.15, 0.2) is 0 Å². The van der Waals surface area contributed by atoms with Gasteiger partial charge in [-0.25, -0.2) is 9.97 Å². The number of H-pyrrole nitrogens is 1. The Morgan fingerprint density at radius 3 is 3.12 bits per heavy atom. The molecule has 5 heterocycles. The van der Waals surface area contributed by atoms with Crippen LogP contribution in [0.25, 0.3) is 11.0 Å². The Hall–Kier alpha value is -2.18. The van der Waals surface area contributed by atoms with Gasteiger partial charge in [-0.2, -0.15) is 0 Å². The van der Waals surface area contributed by atoms with Crippen LogP contribution in [-0.4, -0.2) is 42.6 Å². The summed E-state index contributed by atoms with van der Waals surface area (Å²) in [6, 6.07) is 2.77. The Morgan fingerprint density at radius 2 is 2.28 bits per heavy atom. The number of aryl methyl sites for hydroxylation is 1. The van der Waals surface area contributed by atoms with Crippen LogP contribution in [0.4, 0.5) is 0 Å². The van der Waals surface area contributed by atoms with Gasteiger partial charge < -0.3 is 14.7 Å². The summed E-state index contributed by atoms with van der Waals surface area (Å²) >= 11 is 0. The first-order valence-electron chi connectivity index (χ1n) is 9.11. The van der Waals surface area contributed by atoms with E-state index < -0.39 is 6.10 Å². The first-order valence-corrected chi connectivity index (χ1v) is 9.11. The highest BCUT2D eigenvalue weighted by atomic mass is 16.3. The predicted octanol–water partition coefficient (Wildman–Crippen LogP) is 2.49. The lowest BCUT2D eigenvalue weighted by molar-refractivity contribution is 0.146. The van der Waals surface area contributed by atoms with Gasteiger partial charge in [0.25, 0.3) is 0 Å². The van der Waals surface area contributed by atoms with E-state index in [2.05, 4.69) is 32.4 Å². The first kappa shape index (κ1) is 15.1. The lowest BCUT2D eigenvalue weighted by Gasteiger charge is -2.31. The third-order valence-electron chi connectivity index (χ3n) is 5.71. The second-order valence-corrected chi connectivity index (χ2v) is 7.29. The Balaban J connectivity index is 1.66. The Labute approximate surface area is 146 Å². The predicted molar refractivity (Wildman–Crippen MR) is 95.3 cm³/mol. The molecule has 2 N–H and O–H groups in total. The molecule has 0 bridgehead atoms. The van der Waals surface area contributed by atoms with E-state index in [-0.39, 0.29) is 0 Å². The third-order valence-corrected chi connectivity index (χ3v) is 5.71. The summed E-state index contributed by atoms with van der Waals surface area (Å²) in [4.78, 5) is 14.6. The van der Waals surface area contributed by atoms with E-state index in [0.717, 1.165) is 18.6 Å². The van der Waals surface area contributed by atoms with Gasteiger partial charge in [-0.05, 0) is 43.5 Å². The second kappa shape index (κ2) is 5.68. The normalized spacial score (nSPS) is 21.4. The maximum Gasteiger partial charge on any atom is 0.140 e. The fraction of sp³-hybridized carbons (Fsp3) is 0.474. The third kappa shape index (κ3) is 2.32. The summed E-state index contributed by atoms with van der Waals surface area (Å²) in [5, 5.41) is 11.9. The van der Waals surface area contributed by atoms with Gasteiger partial charge >= 0.3 is 0 Å². The van der Waals surface area contributed by atoms with Crippen molar-refractivity contribution in [3.63, 3.8) is 0 Å². The number of nitrogens with one attached hydrogen (secondary N) is 1. The molecule has 0 aromatic carbocycles. The molecule has 2 atom stereocenters. The topological polar surface area (TPSA) is 70.0 Å². The summed E-state index contributed by atoms with van der Waals surface area (Å²) in [6.07, 6.45) is 8.22. The number of hydrogen-bond acceptors (Lipinski definition) is 4. The zero-order valence-electron chi connectivity index (χ0n) is 14.4. The van der Waals surface area contributed by atoms with Gasteiger partial charge in [0.1, 0.15) is 17.6 Å². The van der Waals surface area contributed by atoms with Crippen LogP contribution in [0.2, 0.25) is 0 Å². The number of hydrogen-bond donors (Lipinski definition) is 2. The van der Waals surface area contributed by atoms with Crippen LogP contribution >= 0.6 is 0 Å². The molecular formula is C19H23N5O. The van der Waals surface area contributed by atoms with Crippen molar-refractivity contribution in [2.75, 3.05) is 13.1 Å². The highest BCUT2D eigenvalue weighted by molar-refractivity contribution is 5.84. The average Bonchev–Trinajstić information content (AvgIpc) is 3.33. The quantitative estimate of drug-likeness (QED) is 0.770. The van der Waals surface area contributed by atoms with Crippen LogP contribution in [0.15, 0.2) is 24.7 Å². The average molecular weight is 337 g/mol. The van der Waals surface area contributed by atoms with E-state index in [1.165, 1.54) is 41.6 Å². The molecule has 1 fully saturated rings. The van der Waals surface area contributed by atoms with Crippen LogP contribution in [0.1, 0.15) is 47.6 Å². The smallest absolute Gasteiger partial charge is 0.140 e. The number of rotatable bonds is 3. The van der Waals surface area contributed by atoms with E-state index in [1.54, 1.807) is 12.4 Å². The number of fused-ring (bicyclic) bond motifs is 5. The van der Waals surface area contributed by atoms with Crippen molar-refractivity contribution in [2.45, 2.75) is 44.9 Å². The van der Waals surface area contributed by atoms with Crippen molar-refractivity contribution in [3.8, 4) is 0 Å². The molecule has 0 spiro atoms. The van der Waals surface area contributed by atoms with Gasteiger partial charge in [0.05, 0.1) is 6.54 Å². The molecule has 6 nitrogen and oxygen atoms in total. The molecule has 5 rings (SSSR count). The molecule has 0 aliphatic carbocycles. The number of aliphatic hydroxyl groups is 1. The zero-order chi connectivity index (χ0) is 17.0. The number of aromatic nitrogens is 4. The molecule has 0 radical (unpaired) electrons. The van der Waals surface area contributed by atoms with Crippen molar-refractivity contribution in [1.29, 1.82) is 0 Å². The molecule has 0 saturated carbocycles. The summed E-state index contributed by atoms with van der Waals surface area (Å²) in [7, 11) is 0. The van der Waals surface area contributed by atoms with E-state index >= 15 is 0 Å². The van der Waals surface area contributed by atoms with E-state index in [9.17, 15) is 5.11 Å². The Kier molecular flexibility index (Phi) is 3.43. The maximum absolute atomic E-state index is 10.6. The fourth-order valence-electron chi connectivity index (χ4n) is 4.63. The molecule has 2 aliphatic heterocycles. The van der Waals surface area contributed by atoms with Crippen LogP contribution in [0.5, 0.6) is 0 Å². The summed E-state index contributed by atoms with van der Waals surface area (Å²) in [5.74, 6) is 0.612. The fourth-order valence-corrected chi connectivity index (χ4v) is 4.63. The minimum absolute atomic E-state index is 0.488. The summed E-state index contributed by atoms with van der Waals surface area (Å²) in [6.45, 7) is 4.89. The molecule has 3 aromatic rings. The van der Waals surface area contributed by atoms with E-state index in [1.807, 2.05) is 6.20 Å². The van der Waals surface area contributed by atoms with Crippen LogP contribution in [0, 0.1) is 6.92 Å². The van der Waals surface area contributed by atoms with Gasteiger partial charge in [-0.3, -0.25) is 4.90 Å². The highest BCUT2D eigenvalue weighted by Gasteiger charge is 2.36. The second-order valence-electron chi connectivity index (χ2n) is 7.29.